The highest BCUT2D eigenvalue weighted by Gasteiger charge is 2.27. The van der Waals surface area contributed by atoms with Gasteiger partial charge in [0.15, 0.2) is 5.13 Å². The summed E-state index contributed by atoms with van der Waals surface area (Å²) in [4.78, 5) is 5.61. The number of benzene rings is 1. The summed E-state index contributed by atoms with van der Waals surface area (Å²) in [6.45, 7) is 2.03. The normalized spacial score (nSPS) is 18.4. The van der Waals surface area contributed by atoms with E-state index in [0.717, 1.165) is 36.1 Å². The van der Waals surface area contributed by atoms with Crippen molar-refractivity contribution in [1.29, 1.82) is 0 Å². The fraction of sp³-hybridized carbons (Fsp3) is 0.357. The molecule has 0 saturated carbocycles. The Labute approximate surface area is 124 Å². The second kappa shape index (κ2) is 4.87. The van der Waals surface area contributed by atoms with Gasteiger partial charge in [0.25, 0.3) is 0 Å². The monoisotopic (exact) mass is 340 g/mol. The van der Waals surface area contributed by atoms with Crippen molar-refractivity contribution in [2.24, 2.45) is 0 Å². The van der Waals surface area contributed by atoms with E-state index in [9.17, 15) is 4.39 Å². The number of aryl methyl sites for hydroxylation is 2. The highest BCUT2D eigenvalue weighted by Crippen LogP contribution is 2.42. The second-order valence-corrected chi connectivity index (χ2v) is 6.85. The first kappa shape index (κ1) is 13.1. The molecule has 1 aliphatic rings. The van der Waals surface area contributed by atoms with Gasteiger partial charge in [-0.05, 0) is 65.4 Å². The van der Waals surface area contributed by atoms with Gasteiger partial charge in [-0.25, -0.2) is 9.37 Å². The zero-order chi connectivity index (χ0) is 13.6. The van der Waals surface area contributed by atoms with E-state index in [1.807, 2.05) is 13.0 Å². The molecule has 0 fully saturated rings. The number of anilines is 1. The Morgan fingerprint density at radius 2 is 2.26 bits per heavy atom. The standard InChI is InChI=1S/C14H14BrFN2S/c1-7-5-10(15)11(16)6-9(7)8-3-2-4-12-13(8)19-14(17)18-12/h5-6,8H,2-4H2,1H3,(H2,17,18). The fourth-order valence-electron chi connectivity index (χ4n) is 2.77. The van der Waals surface area contributed by atoms with E-state index in [1.54, 1.807) is 17.4 Å². The van der Waals surface area contributed by atoms with Crippen molar-refractivity contribution in [1.82, 2.24) is 4.98 Å². The van der Waals surface area contributed by atoms with Gasteiger partial charge in [0.2, 0.25) is 0 Å². The summed E-state index contributed by atoms with van der Waals surface area (Å²) in [7, 11) is 0. The van der Waals surface area contributed by atoms with Gasteiger partial charge < -0.3 is 5.73 Å². The van der Waals surface area contributed by atoms with E-state index in [4.69, 9.17) is 5.73 Å². The lowest BCUT2D eigenvalue weighted by atomic mass is 9.84. The molecule has 1 aliphatic carbocycles. The average Bonchev–Trinajstić information content (AvgIpc) is 2.74. The van der Waals surface area contributed by atoms with Crippen LogP contribution in [0.3, 0.4) is 0 Å². The number of hydrogen-bond donors (Lipinski definition) is 1. The Hall–Kier alpha value is -0.940. The molecule has 5 heteroatoms. The second-order valence-electron chi connectivity index (χ2n) is 4.93. The van der Waals surface area contributed by atoms with Crippen molar-refractivity contribution >= 4 is 32.4 Å². The van der Waals surface area contributed by atoms with Crippen molar-refractivity contribution in [3.05, 3.63) is 44.1 Å². The molecule has 1 atom stereocenters. The molecule has 1 heterocycles. The number of fused-ring (bicyclic) bond motifs is 1. The van der Waals surface area contributed by atoms with Crippen LogP contribution >= 0.6 is 27.3 Å². The minimum atomic E-state index is -0.204. The van der Waals surface area contributed by atoms with Gasteiger partial charge in [-0.3, -0.25) is 0 Å². The lowest BCUT2D eigenvalue weighted by Gasteiger charge is -2.23. The van der Waals surface area contributed by atoms with E-state index in [0.29, 0.717) is 9.60 Å². The highest BCUT2D eigenvalue weighted by molar-refractivity contribution is 9.10. The van der Waals surface area contributed by atoms with Crippen LogP contribution in [-0.4, -0.2) is 4.98 Å². The maximum atomic E-state index is 13.8. The van der Waals surface area contributed by atoms with Crippen LogP contribution in [0.25, 0.3) is 0 Å². The number of nitrogens with zero attached hydrogens (tertiary/aromatic N) is 1. The third kappa shape index (κ3) is 2.30. The van der Waals surface area contributed by atoms with Gasteiger partial charge in [0.05, 0.1) is 10.2 Å². The molecule has 3 rings (SSSR count). The summed E-state index contributed by atoms with van der Waals surface area (Å²) in [5.74, 6) is 0.0337. The van der Waals surface area contributed by atoms with Crippen molar-refractivity contribution in [3.63, 3.8) is 0 Å². The lowest BCUT2D eigenvalue weighted by molar-refractivity contribution is 0.594. The summed E-state index contributed by atoms with van der Waals surface area (Å²) in [6.07, 6.45) is 3.10. The van der Waals surface area contributed by atoms with E-state index >= 15 is 0 Å². The zero-order valence-corrected chi connectivity index (χ0v) is 12.9. The third-order valence-electron chi connectivity index (χ3n) is 3.65. The summed E-state index contributed by atoms with van der Waals surface area (Å²) >= 11 is 4.78. The molecule has 0 bridgehead atoms. The molecule has 0 spiro atoms. The number of nitrogen functional groups attached to an aromatic ring is 1. The maximum absolute atomic E-state index is 13.8. The Bertz CT molecular complexity index is 639. The molecule has 2 aromatic rings. The Balaban J connectivity index is 2.11. The van der Waals surface area contributed by atoms with Gasteiger partial charge in [-0.1, -0.05) is 0 Å². The quantitative estimate of drug-likeness (QED) is 0.835. The predicted octanol–water partition coefficient (Wildman–Crippen LogP) is 4.40. The molecule has 1 aromatic carbocycles. The first-order valence-electron chi connectivity index (χ1n) is 6.27. The molecule has 0 aliphatic heterocycles. The minimum Gasteiger partial charge on any atom is -0.375 e. The molecule has 100 valence electrons. The van der Waals surface area contributed by atoms with Crippen molar-refractivity contribution in [3.8, 4) is 0 Å². The lowest BCUT2D eigenvalue weighted by Crippen LogP contribution is -2.10. The number of rotatable bonds is 1. The average molecular weight is 341 g/mol. The third-order valence-corrected chi connectivity index (χ3v) is 5.30. The molecule has 1 aromatic heterocycles. The van der Waals surface area contributed by atoms with Crippen LogP contribution in [0.2, 0.25) is 0 Å². The minimum absolute atomic E-state index is 0.204. The maximum Gasteiger partial charge on any atom is 0.180 e. The van der Waals surface area contributed by atoms with Crippen LogP contribution < -0.4 is 5.73 Å². The molecular weight excluding hydrogens is 327 g/mol. The van der Waals surface area contributed by atoms with E-state index in [-0.39, 0.29) is 11.7 Å². The molecule has 2 nitrogen and oxygen atoms in total. The van der Waals surface area contributed by atoms with Gasteiger partial charge >= 0.3 is 0 Å². The topological polar surface area (TPSA) is 38.9 Å². The largest absolute Gasteiger partial charge is 0.375 e. The van der Waals surface area contributed by atoms with E-state index in [2.05, 4.69) is 20.9 Å². The van der Waals surface area contributed by atoms with Crippen molar-refractivity contribution in [2.75, 3.05) is 5.73 Å². The molecule has 19 heavy (non-hydrogen) atoms. The number of thiazole rings is 1. The Kier molecular flexibility index (Phi) is 3.35. The zero-order valence-electron chi connectivity index (χ0n) is 10.5. The smallest absolute Gasteiger partial charge is 0.180 e. The summed E-state index contributed by atoms with van der Waals surface area (Å²) in [5, 5.41) is 0.618. The SMILES string of the molecule is Cc1cc(Br)c(F)cc1C1CCCc2nc(N)sc21. The van der Waals surface area contributed by atoms with E-state index < -0.39 is 0 Å². The highest BCUT2D eigenvalue weighted by atomic mass is 79.9. The number of halogens is 2. The van der Waals surface area contributed by atoms with Crippen molar-refractivity contribution in [2.45, 2.75) is 32.1 Å². The molecule has 0 amide bonds. The van der Waals surface area contributed by atoms with Crippen molar-refractivity contribution < 1.29 is 4.39 Å². The first-order valence-corrected chi connectivity index (χ1v) is 7.88. The van der Waals surface area contributed by atoms with Crippen LogP contribution in [0.1, 0.15) is 40.5 Å². The van der Waals surface area contributed by atoms with Gasteiger partial charge in [-0.15, -0.1) is 11.3 Å². The fourth-order valence-corrected chi connectivity index (χ4v) is 4.26. The molecule has 1 unspecified atom stereocenters. The summed E-state index contributed by atoms with van der Waals surface area (Å²) < 4.78 is 14.3. The number of hydrogen-bond acceptors (Lipinski definition) is 3. The molecule has 0 saturated heterocycles. The van der Waals surface area contributed by atoms with Crippen LogP contribution in [0.15, 0.2) is 16.6 Å². The summed E-state index contributed by atoms with van der Waals surface area (Å²) in [6, 6.07) is 3.50. The molecular formula is C14H14BrFN2S. The summed E-state index contributed by atoms with van der Waals surface area (Å²) in [5.41, 5.74) is 9.08. The van der Waals surface area contributed by atoms with Gasteiger partial charge in [0, 0.05) is 10.8 Å². The number of nitrogens with two attached hydrogens (primary N) is 1. The van der Waals surface area contributed by atoms with Crippen LogP contribution in [0.5, 0.6) is 0 Å². The van der Waals surface area contributed by atoms with E-state index in [1.165, 1.54) is 4.88 Å². The van der Waals surface area contributed by atoms with Gasteiger partial charge in [0.1, 0.15) is 5.82 Å². The molecule has 0 radical (unpaired) electrons. The first-order chi connectivity index (χ1) is 9.06. The van der Waals surface area contributed by atoms with Crippen LogP contribution in [0, 0.1) is 12.7 Å². The number of aromatic nitrogens is 1. The Morgan fingerprint density at radius 1 is 1.47 bits per heavy atom. The predicted molar refractivity (Wildman–Crippen MR) is 80.1 cm³/mol. The van der Waals surface area contributed by atoms with Gasteiger partial charge in [-0.2, -0.15) is 0 Å². The molecule has 2 N–H and O–H groups in total. The Morgan fingerprint density at radius 3 is 3.05 bits per heavy atom. The van der Waals surface area contributed by atoms with Crippen LogP contribution in [0.4, 0.5) is 9.52 Å². The van der Waals surface area contributed by atoms with Crippen LogP contribution in [-0.2, 0) is 6.42 Å².